The number of carbonyl (C=O) groups is 1. The molecule has 0 unspecified atom stereocenters. The highest BCUT2D eigenvalue weighted by Crippen LogP contribution is 2.12. The lowest BCUT2D eigenvalue weighted by atomic mass is 10.1. The van der Waals surface area contributed by atoms with Crippen LogP contribution in [-0.2, 0) is 6.54 Å². The largest absolute Gasteiger partial charge is 0.369 e. The van der Waals surface area contributed by atoms with E-state index in [-0.39, 0.29) is 18.3 Å². The van der Waals surface area contributed by atoms with E-state index >= 15 is 0 Å². The van der Waals surface area contributed by atoms with E-state index < -0.39 is 0 Å². The van der Waals surface area contributed by atoms with Crippen molar-refractivity contribution < 1.29 is 9.18 Å². The molecule has 6 nitrogen and oxygen atoms in total. The van der Waals surface area contributed by atoms with E-state index in [2.05, 4.69) is 5.10 Å². The van der Waals surface area contributed by atoms with Crippen LogP contribution in [0.4, 0.5) is 4.39 Å². The predicted octanol–water partition coefficient (Wildman–Crippen LogP) is 2.26. The van der Waals surface area contributed by atoms with Crippen LogP contribution in [0.25, 0.3) is 0 Å². The molecule has 3 N–H and O–H groups in total. The highest BCUT2D eigenvalue weighted by molar-refractivity contribution is 5.99. The van der Waals surface area contributed by atoms with Crippen molar-refractivity contribution in [3.63, 3.8) is 0 Å². The van der Waals surface area contributed by atoms with E-state index in [1.165, 1.54) is 11.1 Å². The van der Waals surface area contributed by atoms with Gasteiger partial charge >= 0.3 is 0 Å². The van der Waals surface area contributed by atoms with Crippen molar-refractivity contribution in [2.45, 2.75) is 6.54 Å². The molecular formula is C18H20FN5O. The fourth-order valence-electron chi connectivity index (χ4n) is 2.19. The molecule has 0 aromatic heterocycles. The number of amidine groups is 1. The zero-order valence-electron chi connectivity index (χ0n) is 14.1. The second-order valence-electron chi connectivity index (χ2n) is 5.59. The second kappa shape index (κ2) is 8.05. The molecule has 0 atom stereocenters. The smallest absolute Gasteiger partial charge is 0.209 e. The number of aldehydes is 1. The Hall–Kier alpha value is -3.22. The molecule has 0 radical (unpaired) electrons. The first kappa shape index (κ1) is 18.1. The van der Waals surface area contributed by atoms with Crippen LogP contribution in [0.1, 0.15) is 21.5 Å². The quantitative estimate of drug-likeness (QED) is 0.378. The number of halogens is 1. The molecule has 0 fully saturated rings. The molecule has 2 aromatic carbocycles. The summed E-state index contributed by atoms with van der Waals surface area (Å²) in [7, 11) is 3.60. The number of hydrogen-bond donors (Lipinski definition) is 2. The van der Waals surface area contributed by atoms with Gasteiger partial charge in [0.15, 0.2) is 5.84 Å². The lowest BCUT2D eigenvalue weighted by molar-refractivity contribution is 0.112. The fourth-order valence-corrected chi connectivity index (χ4v) is 2.19. The van der Waals surface area contributed by atoms with Crippen LogP contribution in [0.3, 0.4) is 0 Å². The SMILES string of the molecule is CN(C)C(=NN(Cc1ccccc1F)C(=N)N)c1ccc(C=O)cc1. The third kappa shape index (κ3) is 4.63. The zero-order valence-corrected chi connectivity index (χ0v) is 14.1. The van der Waals surface area contributed by atoms with E-state index in [1.807, 2.05) is 0 Å². The van der Waals surface area contributed by atoms with E-state index in [1.54, 1.807) is 61.5 Å². The topological polar surface area (TPSA) is 85.8 Å². The molecule has 0 bridgehead atoms. The molecule has 0 heterocycles. The standard InChI is InChI=1S/C18H20FN5O/c1-23(2)17(14-9-7-13(12-25)8-10-14)22-24(18(20)21)11-15-5-3-4-6-16(15)19/h3-10,12H,11H2,1-2H3,(H3,20,21). The van der Waals surface area contributed by atoms with Crippen molar-refractivity contribution in [1.29, 1.82) is 5.41 Å². The van der Waals surface area contributed by atoms with Gasteiger partial charge in [-0.25, -0.2) is 9.40 Å². The Morgan fingerprint density at radius 3 is 2.36 bits per heavy atom. The highest BCUT2D eigenvalue weighted by Gasteiger charge is 2.14. The van der Waals surface area contributed by atoms with Gasteiger partial charge in [0.2, 0.25) is 5.96 Å². The van der Waals surface area contributed by atoms with Crippen LogP contribution in [0.2, 0.25) is 0 Å². The third-order valence-corrected chi connectivity index (χ3v) is 3.50. The van der Waals surface area contributed by atoms with Crippen LogP contribution >= 0.6 is 0 Å². The Labute approximate surface area is 145 Å². The van der Waals surface area contributed by atoms with Crippen molar-refractivity contribution in [3.05, 3.63) is 71.0 Å². The summed E-state index contributed by atoms with van der Waals surface area (Å²) >= 11 is 0. The minimum absolute atomic E-state index is 0.0335. The van der Waals surface area contributed by atoms with Gasteiger partial charge in [0.1, 0.15) is 12.1 Å². The first-order valence-corrected chi connectivity index (χ1v) is 7.59. The molecule has 2 aromatic rings. The molecule has 130 valence electrons. The predicted molar refractivity (Wildman–Crippen MR) is 95.9 cm³/mol. The zero-order chi connectivity index (χ0) is 18.4. The molecular weight excluding hydrogens is 321 g/mol. The Morgan fingerprint density at radius 2 is 1.84 bits per heavy atom. The summed E-state index contributed by atoms with van der Waals surface area (Å²) in [5.41, 5.74) is 7.30. The normalized spacial score (nSPS) is 11.1. The van der Waals surface area contributed by atoms with Gasteiger partial charge in [-0.2, -0.15) is 5.10 Å². The molecule has 0 amide bonds. The Morgan fingerprint density at radius 1 is 1.20 bits per heavy atom. The lowest BCUT2D eigenvalue weighted by Gasteiger charge is -2.22. The number of carbonyl (C=O) groups excluding carboxylic acids is 1. The molecule has 0 spiro atoms. The number of nitrogens with zero attached hydrogens (tertiary/aromatic N) is 3. The van der Waals surface area contributed by atoms with E-state index in [4.69, 9.17) is 11.1 Å². The monoisotopic (exact) mass is 341 g/mol. The maximum absolute atomic E-state index is 13.9. The molecule has 7 heteroatoms. The van der Waals surface area contributed by atoms with Crippen LogP contribution in [0.5, 0.6) is 0 Å². The van der Waals surface area contributed by atoms with Gasteiger partial charge < -0.3 is 10.6 Å². The van der Waals surface area contributed by atoms with Crippen LogP contribution in [0.15, 0.2) is 53.6 Å². The summed E-state index contributed by atoms with van der Waals surface area (Å²) in [6.07, 6.45) is 0.760. The van der Waals surface area contributed by atoms with Gasteiger partial charge in [0, 0.05) is 30.8 Å². The minimum atomic E-state index is -0.384. The van der Waals surface area contributed by atoms with Crippen molar-refractivity contribution >= 4 is 18.1 Å². The molecule has 0 aliphatic heterocycles. The summed E-state index contributed by atoms with van der Waals surface area (Å²) in [6, 6.07) is 13.1. The van der Waals surface area contributed by atoms with Crippen molar-refractivity contribution in [2.75, 3.05) is 14.1 Å². The maximum Gasteiger partial charge on any atom is 0.209 e. The van der Waals surface area contributed by atoms with Gasteiger partial charge in [-0.1, -0.05) is 42.5 Å². The van der Waals surface area contributed by atoms with Gasteiger partial charge in [0.25, 0.3) is 0 Å². The highest BCUT2D eigenvalue weighted by atomic mass is 19.1. The Balaban J connectivity index is 2.38. The first-order chi connectivity index (χ1) is 11.9. The van der Waals surface area contributed by atoms with E-state index in [9.17, 15) is 9.18 Å². The molecule has 2 rings (SSSR count). The van der Waals surface area contributed by atoms with Crippen LogP contribution in [-0.4, -0.2) is 42.1 Å². The van der Waals surface area contributed by atoms with E-state index in [0.717, 1.165) is 11.8 Å². The molecule has 0 aliphatic rings. The summed E-state index contributed by atoms with van der Waals surface area (Å²) in [5.74, 6) is -0.151. The molecule has 0 aliphatic carbocycles. The summed E-state index contributed by atoms with van der Waals surface area (Å²) < 4.78 is 13.9. The Kier molecular flexibility index (Phi) is 5.84. The van der Waals surface area contributed by atoms with E-state index in [0.29, 0.717) is 17.0 Å². The summed E-state index contributed by atoms with van der Waals surface area (Å²) in [4.78, 5) is 12.6. The lowest BCUT2D eigenvalue weighted by Crippen LogP contribution is -2.35. The summed E-state index contributed by atoms with van der Waals surface area (Å²) in [6.45, 7) is 0.0335. The first-order valence-electron chi connectivity index (χ1n) is 7.59. The van der Waals surface area contributed by atoms with Gasteiger partial charge in [-0.05, 0) is 6.07 Å². The number of nitrogens with two attached hydrogens (primary N) is 1. The second-order valence-corrected chi connectivity index (χ2v) is 5.59. The average molecular weight is 341 g/mol. The minimum Gasteiger partial charge on any atom is -0.369 e. The number of hydrazone groups is 1. The Bertz CT molecular complexity index is 786. The summed E-state index contributed by atoms with van der Waals surface area (Å²) in [5, 5.41) is 13.4. The van der Waals surface area contributed by atoms with Gasteiger partial charge in [-0.3, -0.25) is 10.2 Å². The number of nitrogens with one attached hydrogen (secondary N) is 1. The number of rotatable bonds is 5. The fraction of sp³-hybridized carbons (Fsp3) is 0.167. The molecule has 0 saturated heterocycles. The number of hydrogen-bond acceptors (Lipinski definition) is 3. The molecule has 0 saturated carbocycles. The van der Waals surface area contributed by atoms with Crippen molar-refractivity contribution in [1.82, 2.24) is 9.91 Å². The van der Waals surface area contributed by atoms with Gasteiger partial charge in [-0.15, -0.1) is 0 Å². The van der Waals surface area contributed by atoms with Gasteiger partial charge in [0.05, 0.1) is 6.54 Å². The average Bonchev–Trinajstić information content (AvgIpc) is 2.59. The van der Waals surface area contributed by atoms with Crippen molar-refractivity contribution in [2.24, 2.45) is 10.8 Å². The maximum atomic E-state index is 13.9. The molecule has 25 heavy (non-hydrogen) atoms. The number of guanidine groups is 1. The van der Waals surface area contributed by atoms with Crippen LogP contribution < -0.4 is 5.73 Å². The number of benzene rings is 2. The third-order valence-electron chi connectivity index (χ3n) is 3.50. The van der Waals surface area contributed by atoms with Crippen LogP contribution in [0, 0.1) is 11.2 Å². The van der Waals surface area contributed by atoms with Crippen molar-refractivity contribution in [3.8, 4) is 0 Å².